The monoisotopic (exact) mass is 602 g/mol. The van der Waals surface area contributed by atoms with Crippen molar-refractivity contribution in [2.24, 2.45) is 0 Å². The van der Waals surface area contributed by atoms with Gasteiger partial charge in [0.15, 0.2) is 23.2 Å². The van der Waals surface area contributed by atoms with Crippen LogP contribution >= 0.6 is 0 Å². The van der Waals surface area contributed by atoms with Crippen molar-refractivity contribution in [2.45, 2.75) is 19.3 Å². The molecule has 8 rings (SSSR count). The van der Waals surface area contributed by atoms with E-state index in [1.54, 1.807) is 0 Å². The van der Waals surface area contributed by atoms with Crippen molar-refractivity contribution >= 4 is 5.69 Å². The Hall–Kier alpha value is -6.18. The highest BCUT2D eigenvalue weighted by atomic mass is 15.0. The molecule has 7 aromatic rings. The molecule has 0 amide bonds. The summed E-state index contributed by atoms with van der Waals surface area (Å²) in [6.45, 7) is 12.3. The van der Waals surface area contributed by atoms with Gasteiger partial charge in [-0.15, -0.1) is 0 Å². The number of hydrogen-bond donors (Lipinski definition) is 0. The first-order chi connectivity index (χ1) is 23.0. The molecule has 4 heteroatoms. The number of hydrogen-bond acceptors (Lipinski definition) is 3. The van der Waals surface area contributed by atoms with Crippen molar-refractivity contribution in [3.05, 3.63) is 168 Å². The Morgan fingerprint density at radius 1 is 0.447 bits per heavy atom. The third kappa shape index (κ3) is 4.90. The van der Waals surface area contributed by atoms with Gasteiger partial charge in [-0.1, -0.05) is 153 Å². The molecule has 0 unspecified atom stereocenters. The molecular weight excluding hydrogens is 573 g/mol. The minimum atomic E-state index is -0.233. The Kier molecular flexibility index (Phi) is 6.82. The van der Waals surface area contributed by atoms with Gasteiger partial charge in [0.05, 0.1) is 6.57 Å². The topological polar surface area (TPSA) is 43.0 Å². The van der Waals surface area contributed by atoms with Crippen LogP contribution < -0.4 is 0 Å². The molecule has 0 saturated heterocycles. The molecule has 0 fully saturated rings. The minimum Gasteiger partial charge on any atom is -0.238 e. The van der Waals surface area contributed by atoms with Crippen LogP contribution in [-0.4, -0.2) is 15.0 Å². The van der Waals surface area contributed by atoms with E-state index in [9.17, 15) is 0 Å². The van der Waals surface area contributed by atoms with E-state index in [1.807, 2.05) is 54.6 Å². The second-order valence-electron chi connectivity index (χ2n) is 12.4. The van der Waals surface area contributed by atoms with Gasteiger partial charge in [-0.2, -0.15) is 0 Å². The van der Waals surface area contributed by atoms with Crippen LogP contribution in [0.1, 0.15) is 25.0 Å². The number of rotatable bonds is 5. The molecule has 1 aliphatic rings. The third-order valence-corrected chi connectivity index (χ3v) is 9.20. The lowest BCUT2D eigenvalue weighted by Crippen LogP contribution is -2.14. The molecular formula is C43H30N4. The van der Waals surface area contributed by atoms with Gasteiger partial charge in [-0.3, -0.25) is 0 Å². The van der Waals surface area contributed by atoms with E-state index in [1.165, 1.54) is 16.7 Å². The van der Waals surface area contributed by atoms with E-state index in [2.05, 4.69) is 110 Å². The molecule has 1 heterocycles. The predicted octanol–water partition coefficient (Wildman–Crippen LogP) is 11.1. The zero-order chi connectivity index (χ0) is 32.0. The number of fused-ring (bicyclic) bond motifs is 3. The summed E-state index contributed by atoms with van der Waals surface area (Å²) in [7, 11) is 0. The Balaban J connectivity index is 1.26. The Morgan fingerprint density at radius 3 is 1.66 bits per heavy atom. The van der Waals surface area contributed by atoms with Crippen LogP contribution in [0.3, 0.4) is 0 Å². The quantitative estimate of drug-likeness (QED) is 0.184. The molecule has 0 radical (unpaired) electrons. The van der Waals surface area contributed by atoms with E-state index >= 15 is 0 Å². The summed E-state index contributed by atoms with van der Waals surface area (Å²) in [6.07, 6.45) is 0. The molecule has 0 saturated carbocycles. The van der Waals surface area contributed by atoms with E-state index in [0.717, 1.165) is 44.5 Å². The highest BCUT2D eigenvalue weighted by Crippen LogP contribution is 2.53. The smallest absolute Gasteiger partial charge is 0.195 e. The van der Waals surface area contributed by atoms with Crippen molar-refractivity contribution in [3.63, 3.8) is 0 Å². The lowest BCUT2D eigenvalue weighted by molar-refractivity contribution is 0.661. The molecule has 6 aromatic carbocycles. The molecule has 0 bridgehead atoms. The van der Waals surface area contributed by atoms with E-state index in [0.29, 0.717) is 23.2 Å². The van der Waals surface area contributed by atoms with Crippen LogP contribution in [0.4, 0.5) is 5.69 Å². The van der Waals surface area contributed by atoms with Crippen LogP contribution in [0.25, 0.3) is 72.4 Å². The summed E-state index contributed by atoms with van der Waals surface area (Å²) < 4.78 is 0. The standard InChI is InChI=1S/C43H30N4/c1-43(2)36-19-12-20-38(44-3)39(36)35-26-25-32(27-37(35)43)33-17-10-11-18-34(33)42-46-40(30-15-8-5-9-16-30)45-41(47-42)31-23-21-29(22-24-31)28-13-6-4-7-14-28/h4-27H,1-2H3. The van der Waals surface area contributed by atoms with Gasteiger partial charge in [-0.25, -0.2) is 19.8 Å². The molecule has 1 aromatic heterocycles. The third-order valence-electron chi connectivity index (χ3n) is 9.20. The molecule has 0 atom stereocenters. The molecule has 4 nitrogen and oxygen atoms in total. The zero-order valence-corrected chi connectivity index (χ0v) is 26.1. The zero-order valence-electron chi connectivity index (χ0n) is 26.1. The Morgan fingerprint density at radius 2 is 0.979 bits per heavy atom. The van der Waals surface area contributed by atoms with Crippen molar-refractivity contribution < 1.29 is 0 Å². The molecule has 47 heavy (non-hydrogen) atoms. The fraction of sp³-hybridized carbons (Fsp3) is 0.0698. The summed E-state index contributed by atoms with van der Waals surface area (Å²) in [5, 5.41) is 0. The molecule has 222 valence electrons. The van der Waals surface area contributed by atoms with Crippen LogP contribution in [-0.2, 0) is 5.41 Å². The number of benzene rings is 6. The maximum atomic E-state index is 7.80. The number of nitrogens with zero attached hydrogens (tertiary/aromatic N) is 4. The van der Waals surface area contributed by atoms with Gasteiger partial charge in [-0.05, 0) is 50.6 Å². The SMILES string of the molecule is [C-]#[N+]c1cccc2c1-c1ccc(-c3ccccc3-c3nc(-c4ccccc4)nc(-c4ccc(-c5ccccc5)cc4)n3)cc1C2(C)C. The Labute approximate surface area is 274 Å². The normalized spacial score (nSPS) is 12.6. The van der Waals surface area contributed by atoms with Crippen LogP contribution in [0.15, 0.2) is 146 Å². The predicted molar refractivity (Wildman–Crippen MR) is 191 cm³/mol. The van der Waals surface area contributed by atoms with Gasteiger partial charge in [0.1, 0.15) is 0 Å². The Bertz CT molecular complexity index is 2320. The van der Waals surface area contributed by atoms with Crippen molar-refractivity contribution in [1.29, 1.82) is 0 Å². The van der Waals surface area contributed by atoms with Gasteiger partial charge >= 0.3 is 0 Å². The average Bonchev–Trinajstić information content (AvgIpc) is 3.38. The first kappa shape index (κ1) is 28.3. The van der Waals surface area contributed by atoms with Crippen LogP contribution in [0, 0.1) is 6.57 Å². The van der Waals surface area contributed by atoms with Crippen molar-refractivity contribution in [2.75, 3.05) is 0 Å². The summed E-state index contributed by atoms with van der Waals surface area (Å²) in [5.74, 6) is 1.88. The highest BCUT2D eigenvalue weighted by Gasteiger charge is 2.36. The van der Waals surface area contributed by atoms with Crippen LogP contribution in [0.2, 0.25) is 0 Å². The average molecular weight is 603 g/mol. The lowest BCUT2D eigenvalue weighted by Gasteiger charge is -2.22. The van der Waals surface area contributed by atoms with E-state index < -0.39 is 0 Å². The first-order valence-electron chi connectivity index (χ1n) is 15.7. The maximum Gasteiger partial charge on any atom is 0.195 e. The summed E-state index contributed by atoms with van der Waals surface area (Å²) >= 11 is 0. The number of aromatic nitrogens is 3. The fourth-order valence-corrected chi connectivity index (χ4v) is 6.74. The largest absolute Gasteiger partial charge is 0.238 e. The van der Waals surface area contributed by atoms with Gasteiger partial charge in [0, 0.05) is 22.1 Å². The minimum absolute atomic E-state index is 0.233. The summed E-state index contributed by atoms with van der Waals surface area (Å²) in [6, 6.07) is 49.8. The molecule has 0 spiro atoms. The highest BCUT2D eigenvalue weighted by molar-refractivity contribution is 5.92. The first-order valence-corrected chi connectivity index (χ1v) is 15.7. The van der Waals surface area contributed by atoms with Gasteiger partial charge in [0.2, 0.25) is 0 Å². The van der Waals surface area contributed by atoms with Crippen molar-refractivity contribution in [1.82, 2.24) is 15.0 Å². The van der Waals surface area contributed by atoms with E-state index in [-0.39, 0.29) is 5.41 Å². The van der Waals surface area contributed by atoms with Gasteiger partial charge < -0.3 is 0 Å². The van der Waals surface area contributed by atoms with Crippen LogP contribution in [0.5, 0.6) is 0 Å². The maximum absolute atomic E-state index is 7.80. The summed E-state index contributed by atoms with van der Waals surface area (Å²) in [4.78, 5) is 19.0. The van der Waals surface area contributed by atoms with E-state index in [4.69, 9.17) is 21.5 Å². The van der Waals surface area contributed by atoms with Crippen molar-refractivity contribution in [3.8, 4) is 67.5 Å². The van der Waals surface area contributed by atoms with Gasteiger partial charge in [0.25, 0.3) is 0 Å². The second-order valence-corrected chi connectivity index (χ2v) is 12.4. The molecule has 1 aliphatic carbocycles. The lowest BCUT2D eigenvalue weighted by atomic mass is 9.81. The molecule has 0 aliphatic heterocycles. The second kappa shape index (κ2) is 11.3. The molecule has 0 N–H and O–H groups in total. The summed E-state index contributed by atoms with van der Waals surface area (Å²) in [5.41, 5.74) is 12.3. The fourth-order valence-electron chi connectivity index (χ4n) is 6.74.